The van der Waals surface area contributed by atoms with Gasteiger partial charge in [0.05, 0.1) is 5.56 Å². The molecule has 0 atom stereocenters. The number of carbonyl (C=O) groups is 1. The van der Waals surface area contributed by atoms with E-state index in [0.29, 0.717) is 27.2 Å². The zero-order chi connectivity index (χ0) is 17.8. The highest BCUT2D eigenvalue weighted by Gasteiger charge is 2.13. The molecule has 0 saturated carbocycles. The van der Waals surface area contributed by atoms with Crippen molar-refractivity contribution in [2.75, 3.05) is 11.6 Å². The maximum absolute atomic E-state index is 12.5. The summed E-state index contributed by atoms with van der Waals surface area (Å²) in [5, 5.41) is 4.73. The van der Waals surface area contributed by atoms with Crippen LogP contribution in [0.2, 0.25) is 10.0 Å². The van der Waals surface area contributed by atoms with Crippen LogP contribution < -0.4 is 5.32 Å². The number of halogens is 2. The molecule has 1 heterocycles. The summed E-state index contributed by atoms with van der Waals surface area (Å²) in [6.07, 6.45) is 4.31. The van der Waals surface area contributed by atoms with Gasteiger partial charge in [0.15, 0.2) is 5.13 Å². The topological polar surface area (TPSA) is 42.0 Å². The maximum atomic E-state index is 12.5. The number of nitrogens with one attached hydrogen (secondary N) is 1. The van der Waals surface area contributed by atoms with Crippen LogP contribution in [0, 0.1) is 0 Å². The van der Waals surface area contributed by atoms with Crippen molar-refractivity contribution in [2.24, 2.45) is 0 Å². The Morgan fingerprint density at radius 2 is 2.04 bits per heavy atom. The van der Waals surface area contributed by atoms with Gasteiger partial charge in [0, 0.05) is 32.4 Å². The molecule has 3 rings (SSSR count). The Labute approximate surface area is 164 Å². The van der Waals surface area contributed by atoms with E-state index in [1.807, 2.05) is 30.5 Å². The van der Waals surface area contributed by atoms with Gasteiger partial charge in [-0.3, -0.25) is 10.1 Å². The van der Waals surface area contributed by atoms with Crippen LogP contribution in [-0.2, 0) is 6.42 Å². The van der Waals surface area contributed by atoms with Crippen LogP contribution in [0.25, 0.3) is 0 Å². The third kappa shape index (κ3) is 4.55. The molecule has 1 amide bonds. The number of benzene rings is 2. The lowest BCUT2D eigenvalue weighted by Crippen LogP contribution is -2.12. The van der Waals surface area contributed by atoms with Gasteiger partial charge in [0.25, 0.3) is 5.91 Å². The number of amides is 1. The molecule has 3 aromatic rings. The van der Waals surface area contributed by atoms with Crippen molar-refractivity contribution in [3.8, 4) is 0 Å². The van der Waals surface area contributed by atoms with Crippen molar-refractivity contribution in [1.29, 1.82) is 0 Å². The number of nitrogens with zero attached hydrogens (tertiary/aromatic N) is 1. The molecular formula is C18H14Cl2N2OS2. The van der Waals surface area contributed by atoms with E-state index < -0.39 is 0 Å². The van der Waals surface area contributed by atoms with Gasteiger partial charge in [0.2, 0.25) is 0 Å². The average Bonchev–Trinajstić information content (AvgIpc) is 3.05. The van der Waals surface area contributed by atoms with Crippen LogP contribution in [0.5, 0.6) is 0 Å². The van der Waals surface area contributed by atoms with Gasteiger partial charge in [0.1, 0.15) is 0 Å². The predicted octanol–water partition coefficient (Wildman–Crippen LogP) is 6.01. The molecule has 25 heavy (non-hydrogen) atoms. The lowest BCUT2D eigenvalue weighted by Gasteiger charge is -2.06. The first kappa shape index (κ1) is 18.3. The fourth-order valence-electron chi connectivity index (χ4n) is 2.31. The predicted molar refractivity (Wildman–Crippen MR) is 108 cm³/mol. The standard InChI is InChI=1S/C18H14Cl2N2OS2/c1-24-16-5-3-2-4-14(16)17(23)22-18-21-10-13(25-18)9-11-8-12(19)6-7-15(11)20/h2-8,10H,9H2,1H3,(H,21,22,23). The Balaban J connectivity index is 1.73. The molecule has 0 bridgehead atoms. The van der Waals surface area contributed by atoms with Crippen molar-refractivity contribution < 1.29 is 4.79 Å². The van der Waals surface area contributed by atoms with E-state index in [4.69, 9.17) is 23.2 Å². The molecule has 0 aliphatic heterocycles. The SMILES string of the molecule is CSc1ccccc1C(=O)Nc1ncc(Cc2cc(Cl)ccc2Cl)s1. The van der Waals surface area contributed by atoms with Crippen molar-refractivity contribution in [3.63, 3.8) is 0 Å². The first-order valence-electron chi connectivity index (χ1n) is 7.40. The zero-order valence-corrected chi connectivity index (χ0v) is 16.4. The summed E-state index contributed by atoms with van der Waals surface area (Å²) in [5.41, 5.74) is 1.58. The fourth-order valence-corrected chi connectivity index (χ4v) is 4.12. The monoisotopic (exact) mass is 408 g/mol. The quantitative estimate of drug-likeness (QED) is 0.525. The maximum Gasteiger partial charge on any atom is 0.258 e. The third-order valence-electron chi connectivity index (χ3n) is 3.50. The van der Waals surface area contributed by atoms with Crippen LogP contribution in [0.1, 0.15) is 20.8 Å². The number of thioether (sulfide) groups is 1. The van der Waals surface area contributed by atoms with Gasteiger partial charge < -0.3 is 0 Å². The highest BCUT2D eigenvalue weighted by Crippen LogP contribution is 2.28. The van der Waals surface area contributed by atoms with Crippen LogP contribution in [-0.4, -0.2) is 17.1 Å². The lowest BCUT2D eigenvalue weighted by atomic mass is 10.1. The minimum atomic E-state index is -0.161. The molecule has 128 valence electrons. The molecule has 7 heteroatoms. The highest BCUT2D eigenvalue weighted by atomic mass is 35.5. The number of rotatable bonds is 5. The number of carbonyl (C=O) groups excluding carboxylic acids is 1. The number of anilines is 1. The van der Waals surface area contributed by atoms with Crippen LogP contribution >= 0.6 is 46.3 Å². The average molecular weight is 409 g/mol. The summed E-state index contributed by atoms with van der Waals surface area (Å²) in [7, 11) is 0. The van der Waals surface area contributed by atoms with Crippen LogP contribution in [0.15, 0.2) is 53.6 Å². The van der Waals surface area contributed by atoms with E-state index >= 15 is 0 Å². The summed E-state index contributed by atoms with van der Waals surface area (Å²) in [6.45, 7) is 0. The summed E-state index contributed by atoms with van der Waals surface area (Å²) < 4.78 is 0. The second-order valence-corrected chi connectivity index (χ2v) is 8.01. The van der Waals surface area contributed by atoms with E-state index in [2.05, 4.69) is 10.3 Å². The number of hydrogen-bond acceptors (Lipinski definition) is 4. The van der Waals surface area contributed by atoms with Crippen molar-refractivity contribution >= 4 is 57.3 Å². The second-order valence-electron chi connectivity index (χ2n) is 5.20. The summed E-state index contributed by atoms with van der Waals surface area (Å²) in [6, 6.07) is 12.9. The number of thiazole rings is 1. The Kier molecular flexibility index (Phi) is 6.02. The molecular weight excluding hydrogens is 395 g/mol. The molecule has 0 aliphatic carbocycles. The molecule has 1 N–H and O–H groups in total. The van der Waals surface area contributed by atoms with Gasteiger partial charge in [-0.2, -0.15) is 0 Å². The second kappa shape index (κ2) is 8.23. The molecule has 0 aliphatic rings. The van der Waals surface area contributed by atoms with E-state index in [9.17, 15) is 4.79 Å². The van der Waals surface area contributed by atoms with Gasteiger partial charge in [-0.15, -0.1) is 23.1 Å². The molecule has 3 nitrogen and oxygen atoms in total. The summed E-state index contributed by atoms with van der Waals surface area (Å²) >= 11 is 15.2. The van der Waals surface area contributed by atoms with Gasteiger partial charge >= 0.3 is 0 Å². The Morgan fingerprint density at radius 3 is 2.84 bits per heavy atom. The van der Waals surface area contributed by atoms with E-state index in [-0.39, 0.29) is 5.91 Å². The Morgan fingerprint density at radius 1 is 1.24 bits per heavy atom. The van der Waals surface area contributed by atoms with Gasteiger partial charge in [-0.1, -0.05) is 35.3 Å². The molecule has 1 aromatic heterocycles. The highest BCUT2D eigenvalue weighted by molar-refractivity contribution is 7.98. The smallest absolute Gasteiger partial charge is 0.258 e. The molecule has 0 unspecified atom stereocenters. The van der Waals surface area contributed by atoms with Crippen molar-refractivity contribution in [1.82, 2.24) is 4.98 Å². The first-order valence-corrected chi connectivity index (χ1v) is 10.2. The third-order valence-corrected chi connectivity index (χ3v) is 5.81. The normalized spacial score (nSPS) is 10.7. The van der Waals surface area contributed by atoms with Crippen molar-refractivity contribution in [2.45, 2.75) is 11.3 Å². The number of aromatic nitrogens is 1. The summed E-state index contributed by atoms with van der Waals surface area (Å²) in [4.78, 5) is 18.7. The minimum absolute atomic E-state index is 0.161. The Bertz CT molecular complexity index is 912. The summed E-state index contributed by atoms with van der Waals surface area (Å²) in [5.74, 6) is -0.161. The largest absolute Gasteiger partial charge is 0.298 e. The molecule has 2 aromatic carbocycles. The van der Waals surface area contributed by atoms with Gasteiger partial charge in [-0.25, -0.2) is 4.98 Å². The van der Waals surface area contributed by atoms with Crippen LogP contribution in [0.4, 0.5) is 5.13 Å². The fraction of sp³-hybridized carbons (Fsp3) is 0.111. The zero-order valence-electron chi connectivity index (χ0n) is 13.3. The molecule has 0 spiro atoms. The van der Waals surface area contributed by atoms with E-state index in [0.717, 1.165) is 15.3 Å². The first-order chi connectivity index (χ1) is 12.1. The van der Waals surface area contributed by atoms with E-state index in [1.54, 1.807) is 24.4 Å². The molecule has 0 fully saturated rings. The van der Waals surface area contributed by atoms with Crippen LogP contribution in [0.3, 0.4) is 0 Å². The van der Waals surface area contributed by atoms with Crippen molar-refractivity contribution in [3.05, 3.63) is 74.7 Å². The van der Waals surface area contributed by atoms with E-state index in [1.165, 1.54) is 23.1 Å². The minimum Gasteiger partial charge on any atom is -0.298 e. The number of hydrogen-bond donors (Lipinski definition) is 1. The molecule has 0 radical (unpaired) electrons. The Hall–Kier alpha value is -1.53. The molecule has 0 saturated heterocycles. The lowest BCUT2D eigenvalue weighted by molar-refractivity contribution is 0.102. The van der Waals surface area contributed by atoms with Gasteiger partial charge in [-0.05, 0) is 42.2 Å².